The molecule has 0 aliphatic carbocycles. The van der Waals surface area contributed by atoms with Crippen molar-refractivity contribution < 1.29 is 9.53 Å². The van der Waals surface area contributed by atoms with Crippen LogP contribution >= 0.6 is 0 Å². The zero-order chi connectivity index (χ0) is 7.98. The molecule has 0 aromatic heterocycles. The van der Waals surface area contributed by atoms with E-state index in [2.05, 4.69) is 0 Å². The normalized spacial score (nSPS) is 10.0. The maximum absolute atomic E-state index is 10.2. The number of amides is 1. The van der Waals surface area contributed by atoms with Crippen molar-refractivity contribution in [3.63, 3.8) is 0 Å². The van der Waals surface area contributed by atoms with Crippen LogP contribution in [0.5, 0.6) is 0 Å². The summed E-state index contributed by atoms with van der Waals surface area (Å²) in [6, 6.07) is 0. The molecule has 0 spiro atoms. The van der Waals surface area contributed by atoms with Crippen LogP contribution in [-0.2, 0) is 9.53 Å². The van der Waals surface area contributed by atoms with E-state index in [1.165, 1.54) is 0 Å². The van der Waals surface area contributed by atoms with E-state index >= 15 is 0 Å². The van der Waals surface area contributed by atoms with Crippen molar-refractivity contribution in [1.82, 2.24) is 4.90 Å². The molecule has 0 N–H and O–H groups in total. The fourth-order valence-corrected chi connectivity index (χ4v) is 0.441. The van der Waals surface area contributed by atoms with E-state index in [4.69, 9.17) is 4.74 Å². The van der Waals surface area contributed by atoms with Gasteiger partial charge in [0.05, 0.1) is 6.10 Å². The number of carbonyl (C=O) groups excluding carboxylic acids is 1. The second kappa shape index (κ2) is 5.23. The maximum Gasteiger partial charge on any atom is 0.211 e. The molecule has 0 radical (unpaired) electrons. The number of hydrogen-bond acceptors (Lipinski definition) is 2. The molecule has 0 unspecified atom stereocenters. The summed E-state index contributed by atoms with van der Waals surface area (Å²) in [5.74, 6) is 0. The largest absolute Gasteiger partial charge is 0.358 e. The van der Waals surface area contributed by atoms with Gasteiger partial charge in [0.15, 0.2) is 0 Å². The molecule has 0 aliphatic rings. The quantitative estimate of drug-likeness (QED) is 0.424. The first kappa shape index (κ1) is 9.43. The Labute approximate surface area is 62.0 Å². The smallest absolute Gasteiger partial charge is 0.211 e. The summed E-state index contributed by atoms with van der Waals surface area (Å²) in [7, 11) is 0. The SMILES string of the molecule is CCN(C=O)COC(C)C. The van der Waals surface area contributed by atoms with Crippen LogP contribution in [0.25, 0.3) is 0 Å². The summed E-state index contributed by atoms with van der Waals surface area (Å²) in [6.45, 7) is 6.91. The topological polar surface area (TPSA) is 29.5 Å². The van der Waals surface area contributed by atoms with Crippen LogP contribution in [-0.4, -0.2) is 30.7 Å². The highest BCUT2D eigenvalue weighted by Crippen LogP contribution is 1.89. The first-order valence-corrected chi connectivity index (χ1v) is 3.51. The molecule has 10 heavy (non-hydrogen) atoms. The standard InChI is InChI=1S/C7H15NO2/c1-4-8(5-9)6-10-7(2)3/h5,7H,4,6H2,1-3H3. The van der Waals surface area contributed by atoms with Crippen molar-refractivity contribution in [3.05, 3.63) is 0 Å². The minimum absolute atomic E-state index is 0.189. The molecule has 0 heterocycles. The lowest BCUT2D eigenvalue weighted by Crippen LogP contribution is -2.26. The molecule has 0 fully saturated rings. The third-order valence-electron chi connectivity index (χ3n) is 1.13. The Morgan fingerprint density at radius 2 is 2.20 bits per heavy atom. The molecule has 0 saturated carbocycles. The lowest BCUT2D eigenvalue weighted by Gasteiger charge is -2.16. The molecule has 0 saturated heterocycles. The van der Waals surface area contributed by atoms with Crippen LogP contribution in [0.1, 0.15) is 20.8 Å². The molecule has 0 aromatic rings. The average Bonchev–Trinajstić information content (AvgIpc) is 1.90. The Morgan fingerprint density at radius 1 is 1.60 bits per heavy atom. The summed E-state index contributed by atoms with van der Waals surface area (Å²) in [6.07, 6.45) is 0.983. The van der Waals surface area contributed by atoms with Crippen molar-refractivity contribution >= 4 is 6.41 Å². The fraction of sp³-hybridized carbons (Fsp3) is 0.857. The Morgan fingerprint density at radius 3 is 2.50 bits per heavy atom. The summed E-state index contributed by atoms with van der Waals surface area (Å²) in [4.78, 5) is 11.8. The van der Waals surface area contributed by atoms with Gasteiger partial charge in [-0.15, -0.1) is 0 Å². The van der Waals surface area contributed by atoms with Crippen LogP contribution in [0.4, 0.5) is 0 Å². The molecule has 3 nitrogen and oxygen atoms in total. The van der Waals surface area contributed by atoms with Gasteiger partial charge in [0.25, 0.3) is 0 Å². The van der Waals surface area contributed by atoms with Crippen LogP contribution in [0.15, 0.2) is 0 Å². The van der Waals surface area contributed by atoms with Crippen molar-refractivity contribution in [2.75, 3.05) is 13.3 Å². The molecule has 0 bridgehead atoms. The summed E-state index contributed by atoms with van der Waals surface area (Å²) >= 11 is 0. The van der Waals surface area contributed by atoms with Crippen LogP contribution < -0.4 is 0 Å². The number of carbonyl (C=O) groups is 1. The van der Waals surface area contributed by atoms with Crippen LogP contribution in [0.2, 0.25) is 0 Å². The van der Waals surface area contributed by atoms with Crippen molar-refractivity contribution in [3.8, 4) is 0 Å². The lowest BCUT2D eigenvalue weighted by molar-refractivity contribution is -0.124. The van der Waals surface area contributed by atoms with Gasteiger partial charge in [-0.3, -0.25) is 4.79 Å². The van der Waals surface area contributed by atoms with Crippen LogP contribution in [0.3, 0.4) is 0 Å². The van der Waals surface area contributed by atoms with E-state index in [0.717, 1.165) is 6.41 Å². The van der Waals surface area contributed by atoms with E-state index in [1.54, 1.807) is 4.90 Å². The number of hydrogen-bond donors (Lipinski definition) is 0. The molecule has 3 heteroatoms. The average molecular weight is 145 g/mol. The lowest BCUT2D eigenvalue weighted by atomic mass is 10.5. The van der Waals surface area contributed by atoms with E-state index in [-0.39, 0.29) is 6.10 Å². The predicted octanol–water partition coefficient (Wildman–Crippen LogP) is 0.847. The second-order valence-corrected chi connectivity index (χ2v) is 2.35. The Kier molecular flexibility index (Phi) is 4.94. The van der Waals surface area contributed by atoms with Crippen molar-refractivity contribution in [2.45, 2.75) is 26.9 Å². The van der Waals surface area contributed by atoms with Crippen molar-refractivity contribution in [1.29, 1.82) is 0 Å². The molecule has 0 atom stereocenters. The van der Waals surface area contributed by atoms with E-state index in [1.807, 2.05) is 20.8 Å². The number of nitrogens with zero attached hydrogens (tertiary/aromatic N) is 1. The van der Waals surface area contributed by atoms with Gasteiger partial charge in [-0.25, -0.2) is 0 Å². The highest BCUT2D eigenvalue weighted by Gasteiger charge is 1.98. The van der Waals surface area contributed by atoms with E-state index in [0.29, 0.717) is 13.3 Å². The Bertz CT molecular complexity index is 93.6. The van der Waals surface area contributed by atoms with Gasteiger partial charge in [-0.05, 0) is 20.8 Å². The number of ether oxygens (including phenoxy) is 1. The fourth-order valence-electron chi connectivity index (χ4n) is 0.441. The monoisotopic (exact) mass is 145 g/mol. The van der Waals surface area contributed by atoms with Crippen molar-refractivity contribution in [2.24, 2.45) is 0 Å². The minimum Gasteiger partial charge on any atom is -0.358 e. The maximum atomic E-state index is 10.2. The molecular formula is C7H15NO2. The minimum atomic E-state index is 0.189. The van der Waals surface area contributed by atoms with Gasteiger partial charge in [-0.1, -0.05) is 0 Å². The molecule has 60 valence electrons. The third-order valence-corrected chi connectivity index (χ3v) is 1.13. The molecular weight excluding hydrogens is 130 g/mol. The molecule has 0 rings (SSSR count). The summed E-state index contributed by atoms with van der Waals surface area (Å²) < 4.78 is 5.18. The molecule has 0 aromatic carbocycles. The zero-order valence-corrected chi connectivity index (χ0v) is 6.83. The highest BCUT2D eigenvalue weighted by molar-refractivity contribution is 5.46. The van der Waals surface area contributed by atoms with Gasteiger partial charge in [-0.2, -0.15) is 0 Å². The first-order chi connectivity index (χ1) is 4.70. The summed E-state index contributed by atoms with van der Waals surface area (Å²) in [5.41, 5.74) is 0. The predicted molar refractivity (Wildman–Crippen MR) is 39.5 cm³/mol. The van der Waals surface area contributed by atoms with E-state index < -0.39 is 0 Å². The van der Waals surface area contributed by atoms with Gasteiger partial charge in [0, 0.05) is 6.54 Å². The first-order valence-electron chi connectivity index (χ1n) is 3.51. The van der Waals surface area contributed by atoms with Gasteiger partial charge in [0.2, 0.25) is 6.41 Å². The van der Waals surface area contributed by atoms with E-state index in [9.17, 15) is 4.79 Å². The van der Waals surface area contributed by atoms with Gasteiger partial charge < -0.3 is 9.64 Å². The Hall–Kier alpha value is -0.570. The number of rotatable bonds is 5. The summed E-state index contributed by atoms with van der Waals surface area (Å²) in [5, 5.41) is 0. The van der Waals surface area contributed by atoms with Crippen LogP contribution in [0, 0.1) is 0 Å². The molecule has 0 aliphatic heterocycles. The zero-order valence-electron chi connectivity index (χ0n) is 6.83. The van der Waals surface area contributed by atoms with Gasteiger partial charge in [0.1, 0.15) is 6.73 Å². The third kappa shape index (κ3) is 4.32. The van der Waals surface area contributed by atoms with Gasteiger partial charge >= 0.3 is 0 Å². The highest BCUT2D eigenvalue weighted by atomic mass is 16.5. The second-order valence-electron chi connectivity index (χ2n) is 2.35. The Balaban J connectivity index is 3.34. The molecule has 1 amide bonds.